The molecule has 0 unspecified atom stereocenters. The van der Waals surface area contributed by atoms with Crippen molar-refractivity contribution in [2.24, 2.45) is 0 Å². The lowest BCUT2D eigenvalue weighted by Crippen LogP contribution is -2.33. The Labute approximate surface area is 185 Å². The van der Waals surface area contributed by atoms with E-state index in [-0.39, 0.29) is 35.4 Å². The zero-order chi connectivity index (χ0) is 23.4. The maximum atomic E-state index is 13.6. The predicted octanol–water partition coefficient (Wildman–Crippen LogP) is 3.44. The fourth-order valence-corrected chi connectivity index (χ4v) is 3.58. The van der Waals surface area contributed by atoms with E-state index in [1.165, 1.54) is 27.4 Å². The summed E-state index contributed by atoms with van der Waals surface area (Å²) in [4.78, 5) is 26.5. The van der Waals surface area contributed by atoms with Gasteiger partial charge in [0.15, 0.2) is 5.75 Å². The van der Waals surface area contributed by atoms with Crippen LogP contribution in [0.3, 0.4) is 0 Å². The summed E-state index contributed by atoms with van der Waals surface area (Å²) in [5.74, 6) is 0.725. The van der Waals surface area contributed by atoms with E-state index in [0.29, 0.717) is 11.5 Å². The van der Waals surface area contributed by atoms with E-state index < -0.39 is 16.5 Å². The first kappa shape index (κ1) is 23.0. The highest BCUT2D eigenvalue weighted by Gasteiger charge is 2.39. The molecule has 10 nitrogen and oxygen atoms in total. The monoisotopic (exact) mass is 446 g/mol. The van der Waals surface area contributed by atoms with Gasteiger partial charge in [0.2, 0.25) is 11.5 Å². The summed E-state index contributed by atoms with van der Waals surface area (Å²) in [5, 5.41) is 11.9. The van der Waals surface area contributed by atoms with Gasteiger partial charge in [-0.3, -0.25) is 14.9 Å². The third kappa shape index (κ3) is 4.34. The molecule has 0 aliphatic heterocycles. The Hall–Kier alpha value is -3.69. The second-order valence-electron chi connectivity index (χ2n) is 7.14. The van der Waals surface area contributed by atoms with Crippen molar-refractivity contribution in [2.45, 2.75) is 25.4 Å². The molecule has 10 heteroatoms. The Morgan fingerprint density at radius 1 is 0.969 bits per heavy atom. The van der Waals surface area contributed by atoms with Crippen molar-refractivity contribution in [1.82, 2.24) is 4.90 Å². The molecule has 0 saturated heterocycles. The van der Waals surface area contributed by atoms with Gasteiger partial charge in [0.1, 0.15) is 17.1 Å². The fourth-order valence-electron chi connectivity index (χ4n) is 3.58. The van der Waals surface area contributed by atoms with E-state index >= 15 is 0 Å². The fraction of sp³-hybridized carbons (Fsp3) is 0.409. The zero-order valence-corrected chi connectivity index (χ0v) is 18.7. The van der Waals surface area contributed by atoms with Crippen LogP contribution in [-0.4, -0.2) is 57.3 Å². The van der Waals surface area contributed by atoms with Crippen molar-refractivity contribution < 1.29 is 33.4 Å². The number of rotatable bonds is 10. The molecule has 0 N–H and O–H groups in total. The summed E-state index contributed by atoms with van der Waals surface area (Å²) in [6.07, 6.45) is 1.60. The van der Waals surface area contributed by atoms with Gasteiger partial charge in [-0.25, -0.2) is 0 Å². The molecule has 0 spiro atoms. The molecule has 1 saturated carbocycles. The van der Waals surface area contributed by atoms with Gasteiger partial charge in [-0.2, -0.15) is 0 Å². The number of nitro benzene ring substituents is 1. The summed E-state index contributed by atoms with van der Waals surface area (Å²) < 4.78 is 26.5. The van der Waals surface area contributed by atoms with Crippen LogP contribution in [0.2, 0.25) is 0 Å². The van der Waals surface area contributed by atoms with E-state index in [1.54, 1.807) is 37.3 Å². The Kier molecular flexibility index (Phi) is 6.92. The summed E-state index contributed by atoms with van der Waals surface area (Å²) in [6, 6.07) is 6.57. The summed E-state index contributed by atoms with van der Waals surface area (Å²) in [5.41, 5.74) is 0.110. The highest BCUT2D eigenvalue weighted by atomic mass is 16.6. The van der Waals surface area contributed by atoms with Crippen molar-refractivity contribution in [3.63, 3.8) is 0 Å². The maximum absolute atomic E-state index is 13.6. The van der Waals surface area contributed by atoms with Crippen molar-refractivity contribution in [2.75, 3.05) is 35.5 Å². The second-order valence-corrected chi connectivity index (χ2v) is 7.14. The van der Waals surface area contributed by atoms with Gasteiger partial charge in [-0.05, 0) is 31.0 Å². The molecule has 172 valence electrons. The summed E-state index contributed by atoms with van der Waals surface area (Å²) in [6.45, 7) is 0.192. The molecule has 1 aliphatic carbocycles. The number of hydrogen-bond donors (Lipinski definition) is 0. The largest absolute Gasteiger partial charge is 0.497 e. The van der Waals surface area contributed by atoms with Crippen LogP contribution in [0.15, 0.2) is 24.3 Å². The van der Waals surface area contributed by atoms with Crippen LogP contribution in [0.4, 0.5) is 5.69 Å². The number of nitrogens with zero attached hydrogens (tertiary/aromatic N) is 2. The predicted molar refractivity (Wildman–Crippen MR) is 115 cm³/mol. The summed E-state index contributed by atoms with van der Waals surface area (Å²) >= 11 is 0. The Bertz CT molecular complexity index is 1020. The lowest BCUT2D eigenvalue weighted by Gasteiger charge is -2.24. The van der Waals surface area contributed by atoms with Gasteiger partial charge in [-0.15, -0.1) is 0 Å². The Balaban J connectivity index is 2.11. The minimum Gasteiger partial charge on any atom is -0.497 e. The van der Waals surface area contributed by atoms with Crippen LogP contribution in [0, 0.1) is 10.1 Å². The van der Waals surface area contributed by atoms with E-state index in [9.17, 15) is 14.9 Å². The third-order valence-corrected chi connectivity index (χ3v) is 5.29. The molecule has 2 aromatic carbocycles. The molecule has 0 aromatic heterocycles. The van der Waals surface area contributed by atoms with E-state index in [4.69, 9.17) is 23.7 Å². The molecule has 1 amide bonds. The molecule has 1 fully saturated rings. The standard InChI is InChI=1S/C22H26N2O8/c1-28-15-8-9-17(29-2)13(10-15)12-23(14-6-7-14)22(25)16-11-18(30-3)20(31-4)21(32-5)19(16)24(26)27/h8-11,14H,6-7,12H2,1-5H3. The maximum Gasteiger partial charge on any atom is 0.327 e. The SMILES string of the molecule is COc1ccc(OC)c(CN(C(=O)c2cc(OC)c(OC)c(OC)c2[N+](=O)[O-])C2CC2)c1. The number of carbonyl (C=O) groups excluding carboxylic acids is 1. The van der Waals surface area contributed by atoms with Gasteiger partial charge in [0, 0.05) is 17.7 Å². The van der Waals surface area contributed by atoms with Crippen molar-refractivity contribution in [3.8, 4) is 28.7 Å². The number of methoxy groups -OCH3 is 5. The van der Waals surface area contributed by atoms with E-state index in [1.807, 2.05) is 0 Å². The molecule has 2 aromatic rings. The Morgan fingerprint density at radius 2 is 1.62 bits per heavy atom. The van der Waals surface area contributed by atoms with Crippen molar-refractivity contribution in [3.05, 3.63) is 45.5 Å². The van der Waals surface area contributed by atoms with Crippen molar-refractivity contribution in [1.29, 1.82) is 0 Å². The molecular formula is C22H26N2O8. The quantitative estimate of drug-likeness (QED) is 0.403. The first-order chi connectivity index (χ1) is 15.4. The normalized spacial score (nSPS) is 12.7. The minimum atomic E-state index is -0.648. The van der Waals surface area contributed by atoms with E-state index in [2.05, 4.69) is 0 Å². The lowest BCUT2D eigenvalue weighted by molar-refractivity contribution is -0.386. The van der Waals surface area contributed by atoms with Crippen LogP contribution in [0.5, 0.6) is 28.7 Å². The molecule has 0 bridgehead atoms. The van der Waals surface area contributed by atoms with E-state index in [0.717, 1.165) is 18.4 Å². The van der Waals surface area contributed by atoms with Crippen LogP contribution < -0.4 is 23.7 Å². The minimum absolute atomic E-state index is 0.0443. The first-order valence-corrected chi connectivity index (χ1v) is 9.89. The zero-order valence-electron chi connectivity index (χ0n) is 18.7. The number of nitro groups is 1. The van der Waals surface area contributed by atoms with Crippen molar-refractivity contribution >= 4 is 11.6 Å². The topological polar surface area (TPSA) is 110 Å². The van der Waals surface area contributed by atoms with Gasteiger partial charge in [0.05, 0.1) is 47.0 Å². The van der Waals surface area contributed by atoms with Crippen LogP contribution in [-0.2, 0) is 6.54 Å². The number of ether oxygens (including phenoxy) is 5. The van der Waals surface area contributed by atoms with Gasteiger partial charge in [-0.1, -0.05) is 0 Å². The number of carbonyl (C=O) groups is 1. The second kappa shape index (κ2) is 9.63. The lowest BCUT2D eigenvalue weighted by atomic mass is 10.1. The molecule has 1 aliphatic rings. The van der Waals surface area contributed by atoms with Crippen LogP contribution >= 0.6 is 0 Å². The molecule has 0 radical (unpaired) electrons. The highest BCUT2D eigenvalue weighted by molar-refractivity contribution is 6.01. The van der Waals surface area contributed by atoms with Gasteiger partial charge < -0.3 is 28.6 Å². The summed E-state index contributed by atoms with van der Waals surface area (Å²) in [7, 11) is 7.10. The average Bonchev–Trinajstić information content (AvgIpc) is 3.65. The van der Waals surface area contributed by atoms with Gasteiger partial charge >= 0.3 is 5.69 Å². The first-order valence-electron chi connectivity index (χ1n) is 9.89. The molecule has 3 rings (SSSR count). The Morgan fingerprint density at radius 3 is 2.12 bits per heavy atom. The highest BCUT2D eigenvalue weighted by Crippen LogP contribution is 2.47. The molecular weight excluding hydrogens is 420 g/mol. The van der Waals surface area contributed by atoms with Gasteiger partial charge in [0.25, 0.3) is 5.91 Å². The van der Waals surface area contributed by atoms with Crippen LogP contribution in [0.25, 0.3) is 0 Å². The number of benzene rings is 2. The number of amides is 1. The smallest absolute Gasteiger partial charge is 0.327 e. The number of hydrogen-bond acceptors (Lipinski definition) is 8. The third-order valence-electron chi connectivity index (χ3n) is 5.29. The molecule has 0 atom stereocenters. The molecule has 0 heterocycles. The molecule has 32 heavy (non-hydrogen) atoms. The average molecular weight is 446 g/mol. The van der Waals surface area contributed by atoms with Crippen LogP contribution in [0.1, 0.15) is 28.8 Å².